The number of hydrogen-bond acceptors (Lipinski definition) is 4. The van der Waals surface area contributed by atoms with Crippen LogP contribution in [0.15, 0.2) is 16.5 Å². The van der Waals surface area contributed by atoms with Crippen LogP contribution in [0.3, 0.4) is 0 Å². The van der Waals surface area contributed by atoms with Crippen LogP contribution in [0.1, 0.15) is 29.3 Å². The van der Waals surface area contributed by atoms with Crippen LogP contribution in [-0.2, 0) is 0 Å². The molecule has 0 saturated heterocycles. The molecule has 1 unspecified atom stereocenters. The van der Waals surface area contributed by atoms with Gasteiger partial charge in [0.15, 0.2) is 0 Å². The minimum Gasteiger partial charge on any atom is -0.475 e. The third-order valence-corrected chi connectivity index (χ3v) is 2.82. The fraction of sp³-hybridized carbons (Fsp3) is 0.500. The predicted molar refractivity (Wildman–Crippen MR) is 60.6 cm³/mol. The standard InChI is InChI=1S/C10H12F3NO3S/c1-6(14-4-5-18-10(11,12)13)7-2-3-8(17-7)9(15)16/h2-3,6,14H,4-5H2,1H3,(H,15,16). The third-order valence-electron chi connectivity index (χ3n) is 2.08. The molecule has 0 aromatic carbocycles. The molecule has 102 valence electrons. The van der Waals surface area contributed by atoms with Crippen molar-refractivity contribution in [3.63, 3.8) is 0 Å². The van der Waals surface area contributed by atoms with E-state index in [0.717, 1.165) is 0 Å². The van der Waals surface area contributed by atoms with Crippen molar-refractivity contribution >= 4 is 17.7 Å². The Morgan fingerprint density at radius 2 is 2.22 bits per heavy atom. The lowest BCUT2D eigenvalue weighted by molar-refractivity contribution is -0.0327. The van der Waals surface area contributed by atoms with Crippen molar-refractivity contribution in [2.24, 2.45) is 0 Å². The number of furan rings is 1. The molecule has 18 heavy (non-hydrogen) atoms. The molecule has 0 amide bonds. The maximum absolute atomic E-state index is 11.8. The summed E-state index contributed by atoms with van der Waals surface area (Å²) in [5.41, 5.74) is -4.23. The summed E-state index contributed by atoms with van der Waals surface area (Å²) in [5.74, 6) is -1.10. The highest BCUT2D eigenvalue weighted by molar-refractivity contribution is 8.00. The minimum atomic E-state index is -4.23. The van der Waals surface area contributed by atoms with E-state index >= 15 is 0 Å². The first kappa shape index (κ1) is 14.9. The van der Waals surface area contributed by atoms with E-state index in [0.29, 0.717) is 5.76 Å². The molecule has 2 N–H and O–H groups in total. The number of aromatic carboxylic acids is 1. The van der Waals surface area contributed by atoms with Gasteiger partial charge in [-0.15, -0.1) is 0 Å². The molecule has 0 aliphatic carbocycles. The zero-order chi connectivity index (χ0) is 13.8. The van der Waals surface area contributed by atoms with Gasteiger partial charge in [-0.3, -0.25) is 0 Å². The van der Waals surface area contributed by atoms with Gasteiger partial charge in [-0.2, -0.15) is 13.2 Å². The smallest absolute Gasteiger partial charge is 0.441 e. The third kappa shape index (κ3) is 5.01. The summed E-state index contributed by atoms with van der Waals surface area (Å²) < 4.78 is 40.6. The van der Waals surface area contributed by atoms with E-state index in [1.54, 1.807) is 6.92 Å². The van der Waals surface area contributed by atoms with Crippen molar-refractivity contribution < 1.29 is 27.5 Å². The van der Waals surface area contributed by atoms with Crippen LogP contribution >= 0.6 is 11.8 Å². The Kier molecular flexibility index (Phi) is 5.09. The van der Waals surface area contributed by atoms with E-state index in [1.165, 1.54) is 12.1 Å². The Morgan fingerprint density at radius 3 is 2.72 bits per heavy atom. The monoisotopic (exact) mass is 283 g/mol. The maximum Gasteiger partial charge on any atom is 0.441 e. The van der Waals surface area contributed by atoms with Gasteiger partial charge in [0.05, 0.1) is 6.04 Å². The Bertz CT molecular complexity index is 405. The molecule has 0 saturated carbocycles. The number of carboxylic acids is 1. The van der Waals surface area contributed by atoms with Crippen LogP contribution < -0.4 is 5.32 Å². The topological polar surface area (TPSA) is 62.5 Å². The van der Waals surface area contributed by atoms with Crippen LogP contribution in [0.2, 0.25) is 0 Å². The van der Waals surface area contributed by atoms with Crippen LogP contribution in [0, 0.1) is 0 Å². The van der Waals surface area contributed by atoms with Gasteiger partial charge in [-0.05, 0) is 30.8 Å². The lowest BCUT2D eigenvalue weighted by atomic mass is 10.2. The van der Waals surface area contributed by atoms with Gasteiger partial charge in [-0.1, -0.05) is 0 Å². The second-order valence-corrected chi connectivity index (χ2v) is 4.64. The average Bonchev–Trinajstić information content (AvgIpc) is 2.72. The highest BCUT2D eigenvalue weighted by atomic mass is 32.2. The minimum absolute atomic E-state index is 0.106. The first-order chi connectivity index (χ1) is 8.29. The Labute approximate surface area is 106 Å². The summed E-state index contributed by atoms with van der Waals surface area (Å²) in [7, 11) is 0. The van der Waals surface area contributed by atoms with Crippen LogP contribution in [-0.4, -0.2) is 28.9 Å². The van der Waals surface area contributed by atoms with Crippen molar-refractivity contribution in [3.05, 3.63) is 23.7 Å². The second-order valence-electron chi connectivity index (χ2n) is 3.48. The molecular weight excluding hydrogens is 271 g/mol. The normalized spacial score (nSPS) is 13.6. The van der Waals surface area contributed by atoms with Gasteiger partial charge in [0.1, 0.15) is 5.76 Å². The molecule has 1 rings (SSSR count). The number of alkyl halides is 3. The molecule has 4 nitrogen and oxygen atoms in total. The fourth-order valence-electron chi connectivity index (χ4n) is 1.24. The van der Waals surface area contributed by atoms with E-state index in [1.807, 2.05) is 0 Å². The van der Waals surface area contributed by atoms with Crippen molar-refractivity contribution in [1.29, 1.82) is 0 Å². The summed E-state index contributed by atoms with van der Waals surface area (Å²) in [6, 6.07) is 2.45. The van der Waals surface area contributed by atoms with Crippen LogP contribution in [0.5, 0.6) is 0 Å². The molecule has 0 radical (unpaired) electrons. The van der Waals surface area contributed by atoms with Gasteiger partial charge < -0.3 is 14.8 Å². The highest BCUT2D eigenvalue weighted by Crippen LogP contribution is 2.29. The van der Waals surface area contributed by atoms with E-state index in [4.69, 9.17) is 9.52 Å². The molecule has 0 fully saturated rings. The first-order valence-electron chi connectivity index (χ1n) is 5.06. The summed E-state index contributed by atoms with van der Waals surface area (Å²) >= 11 is -0.106. The Morgan fingerprint density at radius 1 is 1.56 bits per heavy atom. The SMILES string of the molecule is CC(NCCSC(F)(F)F)c1ccc(C(=O)O)o1. The molecule has 1 aromatic heterocycles. The average molecular weight is 283 g/mol. The predicted octanol–water partition coefficient (Wildman–Crippen LogP) is 2.88. The van der Waals surface area contributed by atoms with E-state index in [9.17, 15) is 18.0 Å². The number of carbonyl (C=O) groups is 1. The lowest BCUT2D eigenvalue weighted by Gasteiger charge is -2.11. The van der Waals surface area contributed by atoms with Gasteiger partial charge in [0.25, 0.3) is 0 Å². The van der Waals surface area contributed by atoms with E-state index < -0.39 is 11.5 Å². The molecule has 8 heteroatoms. The maximum atomic E-state index is 11.8. The zero-order valence-corrected chi connectivity index (χ0v) is 10.3. The van der Waals surface area contributed by atoms with Crippen LogP contribution in [0.4, 0.5) is 13.2 Å². The summed E-state index contributed by atoms with van der Waals surface area (Å²) in [4.78, 5) is 10.6. The number of rotatable bonds is 6. The Hall–Kier alpha value is -1.15. The summed E-state index contributed by atoms with van der Waals surface area (Å²) in [6.45, 7) is 1.83. The molecule has 0 aliphatic heterocycles. The molecule has 0 aliphatic rings. The molecule has 0 spiro atoms. The molecule has 1 aromatic rings. The number of thioether (sulfide) groups is 1. The Balaban J connectivity index is 2.36. The van der Waals surface area contributed by atoms with Crippen molar-refractivity contribution in [2.75, 3.05) is 12.3 Å². The summed E-state index contributed by atoms with van der Waals surface area (Å²) in [5, 5.41) is 11.5. The number of nitrogens with one attached hydrogen (secondary N) is 1. The van der Waals surface area contributed by atoms with Gasteiger partial charge >= 0.3 is 11.5 Å². The van der Waals surface area contributed by atoms with Gasteiger partial charge in [0, 0.05) is 12.3 Å². The van der Waals surface area contributed by atoms with E-state index in [2.05, 4.69) is 5.32 Å². The molecule has 1 atom stereocenters. The first-order valence-corrected chi connectivity index (χ1v) is 6.05. The zero-order valence-electron chi connectivity index (χ0n) is 9.45. The summed E-state index contributed by atoms with van der Waals surface area (Å²) in [6.07, 6.45) is 0. The number of carboxylic acid groups (broad SMARTS) is 1. The molecule has 1 heterocycles. The number of halogens is 3. The highest BCUT2D eigenvalue weighted by Gasteiger charge is 2.27. The quantitative estimate of drug-likeness (QED) is 0.786. The largest absolute Gasteiger partial charge is 0.475 e. The van der Waals surface area contributed by atoms with E-state index in [-0.39, 0.29) is 35.9 Å². The molecule has 0 bridgehead atoms. The fourth-order valence-corrected chi connectivity index (χ4v) is 1.69. The lowest BCUT2D eigenvalue weighted by Crippen LogP contribution is -2.22. The molecular formula is C10H12F3NO3S. The second kappa shape index (κ2) is 6.14. The van der Waals surface area contributed by atoms with Gasteiger partial charge in [0.2, 0.25) is 5.76 Å². The van der Waals surface area contributed by atoms with Crippen LogP contribution in [0.25, 0.3) is 0 Å². The van der Waals surface area contributed by atoms with Crippen molar-refractivity contribution in [2.45, 2.75) is 18.5 Å². The van der Waals surface area contributed by atoms with Crippen molar-refractivity contribution in [3.8, 4) is 0 Å². The number of hydrogen-bond donors (Lipinski definition) is 2. The van der Waals surface area contributed by atoms with Gasteiger partial charge in [-0.25, -0.2) is 4.79 Å². The van der Waals surface area contributed by atoms with Crippen molar-refractivity contribution in [1.82, 2.24) is 5.32 Å².